The summed E-state index contributed by atoms with van der Waals surface area (Å²) in [7, 11) is -1.72. The highest BCUT2D eigenvalue weighted by Crippen LogP contribution is 2.00. The van der Waals surface area contributed by atoms with Crippen LogP contribution in [0.4, 0.5) is 0 Å². The highest BCUT2D eigenvalue weighted by Gasteiger charge is 2.16. The first-order valence-corrected chi connectivity index (χ1v) is 5.83. The number of nitrogens with zero attached hydrogens (tertiary/aromatic N) is 1. The molecule has 3 N–H and O–H groups in total. The molecule has 0 aliphatic rings. The summed E-state index contributed by atoms with van der Waals surface area (Å²) in [5, 5.41) is 8.95. The van der Waals surface area contributed by atoms with Crippen molar-refractivity contribution in [2.45, 2.75) is 19.4 Å². The summed E-state index contributed by atoms with van der Waals surface area (Å²) in [6.07, 6.45) is -0.0316. The largest absolute Gasteiger partial charge is 0.393 e. The fraction of sp³-hybridized carbons (Fsp3) is 1.00. The Kier molecular flexibility index (Phi) is 5.46. The Labute approximate surface area is 79.6 Å². The van der Waals surface area contributed by atoms with Gasteiger partial charge in [-0.1, -0.05) is 0 Å². The first-order chi connectivity index (χ1) is 5.90. The van der Waals surface area contributed by atoms with Crippen LogP contribution in [0.1, 0.15) is 13.3 Å². The Hall–Kier alpha value is -0.170. The maximum Gasteiger partial charge on any atom is 0.215 e. The molecule has 0 amide bonds. The Balaban J connectivity index is 4.02. The minimum atomic E-state index is -3.21. The van der Waals surface area contributed by atoms with Gasteiger partial charge in [-0.25, -0.2) is 12.7 Å². The van der Waals surface area contributed by atoms with Crippen LogP contribution in [0, 0.1) is 0 Å². The number of sulfonamides is 1. The molecule has 0 aliphatic carbocycles. The van der Waals surface area contributed by atoms with Crippen molar-refractivity contribution in [2.75, 3.05) is 25.9 Å². The number of hydrogen-bond donors (Lipinski definition) is 2. The van der Waals surface area contributed by atoms with Gasteiger partial charge in [0.15, 0.2) is 0 Å². The van der Waals surface area contributed by atoms with Gasteiger partial charge in [-0.3, -0.25) is 0 Å². The van der Waals surface area contributed by atoms with Crippen molar-refractivity contribution >= 4 is 10.0 Å². The molecule has 0 bridgehead atoms. The summed E-state index contributed by atoms with van der Waals surface area (Å²) in [6, 6.07) is 0. The van der Waals surface area contributed by atoms with Gasteiger partial charge in [0, 0.05) is 20.1 Å². The average Bonchev–Trinajstić information content (AvgIpc) is 1.99. The Morgan fingerprint density at radius 3 is 2.46 bits per heavy atom. The van der Waals surface area contributed by atoms with Crippen molar-refractivity contribution in [3.05, 3.63) is 0 Å². The zero-order valence-electron chi connectivity index (χ0n) is 8.10. The Morgan fingerprint density at radius 1 is 1.54 bits per heavy atom. The zero-order valence-corrected chi connectivity index (χ0v) is 8.92. The third kappa shape index (κ3) is 5.20. The molecule has 0 rings (SSSR count). The van der Waals surface area contributed by atoms with Crippen molar-refractivity contribution in [3.63, 3.8) is 0 Å². The van der Waals surface area contributed by atoms with Crippen LogP contribution in [-0.4, -0.2) is 49.8 Å². The lowest BCUT2D eigenvalue weighted by molar-refractivity contribution is 0.177. The minimum absolute atomic E-state index is 0.0384. The minimum Gasteiger partial charge on any atom is -0.393 e. The highest BCUT2D eigenvalue weighted by molar-refractivity contribution is 7.89. The highest BCUT2D eigenvalue weighted by atomic mass is 32.2. The van der Waals surface area contributed by atoms with Gasteiger partial charge in [-0.15, -0.1) is 0 Å². The van der Waals surface area contributed by atoms with Gasteiger partial charge in [0.25, 0.3) is 0 Å². The monoisotopic (exact) mass is 210 g/mol. The van der Waals surface area contributed by atoms with Crippen molar-refractivity contribution in [3.8, 4) is 0 Å². The van der Waals surface area contributed by atoms with E-state index in [1.807, 2.05) is 0 Å². The third-order valence-electron chi connectivity index (χ3n) is 1.71. The van der Waals surface area contributed by atoms with E-state index < -0.39 is 16.1 Å². The maximum atomic E-state index is 11.3. The first-order valence-electron chi connectivity index (χ1n) is 4.22. The predicted octanol–water partition coefficient (Wildman–Crippen LogP) is -1.02. The van der Waals surface area contributed by atoms with Gasteiger partial charge >= 0.3 is 0 Å². The van der Waals surface area contributed by atoms with Crippen LogP contribution in [0.3, 0.4) is 0 Å². The molecule has 0 saturated carbocycles. The molecule has 0 spiro atoms. The first kappa shape index (κ1) is 12.8. The average molecular weight is 210 g/mol. The predicted molar refractivity (Wildman–Crippen MR) is 51.8 cm³/mol. The van der Waals surface area contributed by atoms with Gasteiger partial charge in [0.2, 0.25) is 10.0 Å². The van der Waals surface area contributed by atoms with E-state index >= 15 is 0 Å². The van der Waals surface area contributed by atoms with Crippen molar-refractivity contribution < 1.29 is 13.5 Å². The van der Waals surface area contributed by atoms with Gasteiger partial charge in [0.1, 0.15) is 0 Å². The smallest absolute Gasteiger partial charge is 0.215 e. The number of aliphatic hydroxyl groups is 1. The molecule has 80 valence electrons. The van der Waals surface area contributed by atoms with E-state index in [0.29, 0.717) is 13.0 Å². The molecule has 6 heteroatoms. The van der Waals surface area contributed by atoms with E-state index in [0.717, 1.165) is 0 Å². The van der Waals surface area contributed by atoms with Gasteiger partial charge in [-0.2, -0.15) is 0 Å². The van der Waals surface area contributed by atoms with E-state index in [1.165, 1.54) is 11.4 Å². The van der Waals surface area contributed by atoms with Crippen LogP contribution in [0.2, 0.25) is 0 Å². The van der Waals surface area contributed by atoms with Crippen LogP contribution >= 0.6 is 0 Å². The van der Waals surface area contributed by atoms with Crippen molar-refractivity contribution in [1.29, 1.82) is 0 Å². The topological polar surface area (TPSA) is 83.6 Å². The third-order valence-corrected chi connectivity index (χ3v) is 3.60. The van der Waals surface area contributed by atoms with E-state index in [4.69, 9.17) is 10.8 Å². The van der Waals surface area contributed by atoms with Gasteiger partial charge < -0.3 is 10.8 Å². The van der Waals surface area contributed by atoms with Crippen LogP contribution in [0.25, 0.3) is 0 Å². The second-order valence-corrected chi connectivity index (χ2v) is 5.26. The maximum absolute atomic E-state index is 11.3. The number of nitrogens with two attached hydrogens (primary N) is 1. The van der Waals surface area contributed by atoms with E-state index in [1.54, 1.807) is 6.92 Å². The number of aliphatic hydroxyl groups excluding tert-OH is 1. The van der Waals surface area contributed by atoms with E-state index in [9.17, 15) is 8.42 Å². The van der Waals surface area contributed by atoms with Crippen LogP contribution in [-0.2, 0) is 10.0 Å². The molecule has 13 heavy (non-hydrogen) atoms. The summed E-state index contributed by atoms with van der Waals surface area (Å²) >= 11 is 0. The lowest BCUT2D eigenvalue weighted by Gasteiger charge is -2.17. The van der Waals surface area contributed by atoms with E-state index in [2.05, 4.69) is 0 Å². The molecule has 0 radical (unpaired) electrons. The van der Waals surface area contributed by atoms with Crippen molar-refractivity contribution in [2.24, 2.45) is 5.73 Å². The Morgan fingerprint density at radius 2 is 2.08 bits per heavy atom. The SMILES string of the molecule is CC(O)CCN(C)S(=O)(=O)CCN. The number of hydrogen-bond acceptors (Lipinski definition) is 4. The molecule has 0 aliphatic heterocycles. The zero-order chi connectivity index (χ0) is 10.5. The fourth-order valence-corrected chi connectivity index (χ4v) is 1.81. The summed E-state index contributed by atoms with van der Waals surface area (Å²) in [4.78, 5) is 0. The summed E-state index contributed by atoms with van der Waals surface area (Å²) in [6.45, 7) is 2.09. The second kappa shape index (κ2) is 5.54. The summed E-state index contributed by atoms with van der Waals surface area (Å²) in [5.74, 6) is -0.0384. The molecule has 0 fully saturated rings. The van der Waals surface area contributed by atoms with E-state index in [-0.39, 0.29) is 12.3 Å². The quantitative estimate of drug-likeness (QED) is 0.587. The molecule has 0 saturated heterocycles. The van der Waals surface area contributed by atoms with Gasteiger partial charge in [0.05, 0.1) is 11.9 Å². The van der Waals surface area contributed by atoms with Crippen LogP contribution in [0.15, 0.2) is 0 Å². The molecular weight excluding hydrogens is 192 g/mol. The molecule has 0 heterocycles. The lowest BCUT2D eigenvalue weighted by atomic mass is 10.3. The molecule has 0 aromatic rings. The second-order valence-electron chi connectivity index (χ2n) is 3.06. The normalized spacial score (nSPS) is 14.8. The molecule has 1 unspecified atom stereocenters. The van der Waals surface area contributed by atoms with Gasteiger partial charge in [-0.05, 0) is 13.3 Å². The molecule has 0 aromatic carbocycles. The standard InChI is InChI=1S/C7H18N2O3S/c1-7(10)3-5-9(2)13(11,12)6-4-8/h7,10H,3-6,8H2,1-2H3. The molecular formula is C7H18N2O3S. The summed E-state index contributed by atoms with van der Waals surface area (Å²) in [5.41, 5.74) is 5.15. The molecule has 0 aromatic heterocycles. The van der Waals surface area contributed by atoms with Crippen LogP contribution < -0.4 is 5.73 Å². The number of rotatable bonds is 6. The fourth-order valence-electron chi connectivity index (χ4n) is 0.812. The summed E-state index contributed by atoms with van der Waals surface area (Å²) < 4.78 is 23.8. The Bertz CT molecular complexity index is 226. The molecule has 1 atom stereocenters. The molecule has 5 nitrogen and oxygen atoms in total. The van der Waals surface area contributed by atoms with Crippen molar-refractivity contribution in [1.82, 2.24) is 4.31 Å². The van der Waals surface area contributed by atoms with Crippen LogP contribution in [0.5, 0.6) is 0 Å². The lowest BCUT2D eigenvalue weighted by Crippen LogP contribution is -2.33.